The van der Waals surface area contributed by atoms with Crippen molar-refractivity contribution < 1.29 is 18.4 Å². The van der Waals surface area contributed by atoms with Crippen molar-refractivity contribution in [2.45, 2.75) is 0 Å². The topological polar surface area (TPSA) is 58.9 Å². The number of isocyanates is 2. The van der Waals surface area contributed by atoms with E-state index in [0.717, 1.165) is 18.2 Å². The highest BCUT2D eigenvalue weighted by Crippen LogP contribution is 2.40. The fraction of sp³-hybridized carbons (Fsp3) is 0. The van der Waals surface area contributed by atoms with Crippen LogP contribution < -0.4 is 0 Å². The maximum atomic E-state index is 14.2. The molecule has 0 N–H and O–H groups in total. The van der Waals surface area contributed by atoms with Crippen molar-refractivity contribution in [2.75, 3.05) is 0 Å². The lowest BCUT2D eigenvalue weighted by Crippen LogP contribution is -1.90. The van der Waals surface area contributed by atoms with Gasteiger partial charge in [-0.2, -0.15) is 9.98 Å². The standard InChI is InChI=1S/C14H4Cl2F2N2O2/c15-8-1-7(2-9(16)3-8)10-4-11(17)14(20-6-22)12(18)13(10)19-5-21/h1-4H. The number of nitrogens with zero attached hydrogens (tertiary/aromatic N) is 2. The van der Waals surface area contributed by atoms with Gasteiger partial charge in [-0.05, 0) is 29.8 Å². The monoisotopic (exact) mass is 340 g/mol. The first kappa shape index (κ1) is 16.0. The Hall–Kier alpha value is -2.36. The summed E-state index contributed by atoms with van der Waals surface area (Å²) in [5, 5.41) is 0.443. The van der Waals surface area contributed by atoms with Gasteiger partial charge in [0.1, 0.15) is 11.4 Å². The zero-order valence-corrected chi connectivity index (χ0v) is 12.0. The highest BCUT2D eigenvalue weighted by atomic mass is 35.5. The lowest BCUT2D eigenvalue weighted by molar-refractivity contribution is 0.560. The maximum absolute atomic E-state index is 14.2. The molecule has 22 heavy (non-hydrogen) atoms. The van der Waals surface area contributed by atoms with Crippen LogP contribution in [0, 0.1) is 11.6 Å². The van der Waals surface area contributed by atoms with Gasteiger partial charge >= 0.3 is 0 Å². The minimum atomic E-state index is -1.29. The molecular formula is C14H4Cl2F2N2O2. The van der Waals surface area contributed by atoms with Crippen LogP contribution in [0.25, 0.3) is 11.1 Å². The zero-order chi connectivity index (χ0) is 16.3. The second-order valence-corrected chi connectivity index (χ2v) is 4.85. The molecule has 0 aromatic heterocycles. The van der Waals surface area contributed by atoms with Crippen molar-refractivity contribution in [1.29, 1.82) is 0 Å². The molecule has 110 valence electrons. The first-order chi connectivity index (χ1) is 10.5. The summed E-state index contributed by atoms with van der Waals surface area (Å²) in [4.78, 5) is 26.8. The average Bonchev–Trinajstić information content (AvgIpc) is 2.45. The molecular weight excluding hydrogens is 337 g/mol. The van der Waals surface area contributed by atoms with Crippen LogP contribution in [0.15, 0.2) is 34.3 Å². The third-order valence-corrected chi connectivity index (χ3v) is 3.09. The molecule has 0 aliphatic rings. The van der Waals surface area contributed by atoms with Crippen molar-refractivity contribution >= 4 is 46.7 Å². The average molecular weight is 341 g/mol. The Labute approximate surface area is 132 Å². The van der Waals surface area contributed by atoms with Crippen molar-refractivity contribution in [1.82, 2.24) is 0 Å². The van der Waals surface area contributed by atoms with Gasteiger partial charge in [0.05, 0.1) is 0 Å². The molecule has 2 aromatic carbocycles. The van der Waals surface area contributed by atoms with Crippen LogP contribution in [-0.4, -0.2) is 12.2 Å². The number of hydrogen-bond acceptors (Lipinski definition) is 4. The second-order valence-electron chi connectivity index (χ2n) is 3.98. The summed E-state index contributed by atoms with van der Waals surface area (Å²) in [5.74, 6) is -2.42. The van der Waals surface area contributed by atoms with Gasteiger partial charge < -0.3 is 0 Å². The summed E-state index contributed by atoms with van der Waals surface area (Å²) in [6.07, 6.45) is 2.18. The summed E-state index contributed by atoms with van der Waals surface area (Å²) in [6, 6.07) is 5.05. The summed E-state index contributed by atoms with van der Waals surface area (Å²) >= 11 is 11.7. The van der Waals surface area contributed by atoms with Crippen molar-refractivity contribution in [3.8, 4) is 11.1 Å². The molecule has 0 saturated carbocycles. The Kier molecular flexibility index (Phi) is 4.81. The van der Waals surface area contributed by atoms with Gasteiger partial charge in [0.25, 0.3) is 0 Å². The van der Waals surface area contributed by atoms with Crippen LogP contribution in [0.2, 0.25) is 10.0 Å². The Morgan fingerprint density at radius 1 is 0.864 bits per heavy atom. The van der Waals surface area contributed by atoms with E-state index < -0.39 is 23.0 Å². The van der Waals surface area contributed by atoms with Gasteiger partial charge in [-0.3, -0.25) is 0 Å². The first-order valence-corrected chi connectivity index (χ1v) is 6.37. The summed E-state index contributed by atoms with van der Waals surface area (Å²) in [7, 11) is 0. The molecule has 0 spiro atoms. The van der Waals surface area contributed by atoms with Gasteiger partial charge in [0.15, 0.2) is 11.6 Å². The number of hydrogen-bond donors (Lipinski definition) is 0. The minimum Gasteiger partial charge on any atom is -0.211 e. The smallest absolute Gasteiger partial charge is 0.211 e. The SMILES string of the molecule is O=C=Nc1c(F)cc(-c2cc(Cl)cc(Cl)c2)c(N=C=O)c1F. The number of benzene rings is 2. The summed E-state index contributed by atoms with van der Waals surface area (Å²) in [5.41, 5.74) is -1.30. The predicted molar refractivity (Wildman–Crippen MR) is 77.4 cm³/mol. The Bertz CT molecular complexity index is 838. The van der Waals surface area contributed by atoms with Crippen LogP contribution in [0.1, 0.15) is 0 Å². The van der Waals surface area contributed by atoms with E-state index in [2.05, 4.69) is 9.98 Å². The molecule has 2 rings (SSSR count). The van der Waals surface area contributed by atoms with Gasteiger partial charge in [0, 0.05) is 15.6 Å². The molecule has 0 aliphatic heterocycles. The first-order valence-electron chi connectivity index (χ1n) is 5.62. The van der Waals surface area contributed by atoms with Crippen molar-refractivity contribution in [3.05, 3.63) is 45.9 Å². The van der Waals surface area contributed by atoms with Crippen LogP contribution in [0.4, 0.5) is 20.2 Å². The fourth-order valence-electron chi connectivity index (χ4n) is 1.83. The second kappa shape index (κ2) is 6.60. The number of halogens is 4. The van der Waals surface area contributed by atoms with Gasteiger partial charge in [-0.25, -0.2) is 18.4 Å². The lowest BCUT2D eigenvalue weighted by atomic mass is 10.0. The Balaban J connectivity index is 2.86. The molecule has 0 bridgehead atoms. The van der Waals surface area contributed by atoms with Gasteiger partial charge in [-0.1, -0.05) is 23.2 Å². The third-order valence-electron chi connectivity index (χ3n) is 2.66. The van der Waals surface area contributed by atoms with Crippen LogP contribution in [0.3, 0.4) is 0 Å². The van der Waals surface area contributed by atoms with E-state index in [1.807, 2.05) is 0 Å². The fourth-order valence-corrected chi connectivity index (χ4v) is 2.36. The van der Waals surface area contributed by atoms with E-state index in [0.29, 0.717) is 0 Å². The van der Waals surface area contributed by atoms with E-state index in [-0.39, 0.29) is 21.2 Å². The van der Waals surface area contributed by atoms with Crippen molar-refractivity contribution in [2.24, 2.45) is 9.98 Å². The predicted octanol–water partition coefficient (Wildman–Crippen LogP) is 4.87. The van der Waals surface area contributed by atoms with Gasteiger partial charge in [-0.15, -0.1) is 0 Å². The largest absolute Gasteiger partial charge is 0.240 e. The minimum absolute atomic E-state index is 0.0902. The van der Waals surface area contributed by atoms with Gasteiger partial charge in [0.2, 0.25) is 12.2 Å². The highest BCUT2D eigenvalue weighted by Gasteiger charge is 2.20. The molecule has 4 nitrogen and oxygen atoms in total. The molecule has 8 heteroatoms. The molecule has 0 radical (unpaired) electrons. The molecule has 0 aliphatic carbocycles. The van der Waals surface area contributed by atoms with E-state index in [4.69, 9.17) is 23.2 Å². The third kappa shape index (κ3) is 3.11. The molecule has 0 heterocycles. The molecule has 0 atom stereocenters. The number of aliphatic imine (C=N–C) groups is 2. The van der Waals surface area contributed by atoms with Crippen LogP contribution in [0.5, 0.6) is 0 Å². The highest BCUT2D eigenvalue weighted by molar-refractivity contribution is 6.35. The van der Waals surface area contributed by atoms with E-state index in [1.165, 1.54) is 18.2 Å². The Morgan fingerprint density at radius 3 is 1.95 bits per heavy atom. The van der Waals surface area contributed by atoms with Crippen LogP contribution in [-0.2, 0) is 9.59 Å². The molecule has 0 fully saturated rings. The zero-order valence-electron chi connectivity index (χ0n) is 10.5. The normalized spacial score (nSPS) is 9.82. The molecule has 0 unspecified atom stereocenters. The van der Waals surface area contributed by atoms with E-state index in [9.17, 15) is 18.4 Å². The summed E-state index contributed by atoms with van der Waals surface area (Å²) < 4.78 is 28.1. The summed E-state index contributed by atoms with van der Waals surface area (Å²) in [6.45, 7) is 0. The van der Waals surface area contributed by atoms with Crippen molar-refractivity contribution in [3.63, 3.8) is 0 Å². The maximum Gasteiger partial charge on any atom is 0.240 e. The van der Waals surface area contributed by atoms with E-state index >= 15 is 0 Å². The lowest BCUT2D eigenvalue weighted by Gasteiger charge is -2.09. The molecule has 2 aromatic rings. The molecule has 0 amide bonds. The number of carbonyl (C=O) groups excluding carboxylic acids is 2. The van der Waals surface area contributed by atoms with Crippen LogP contribution >= 0.6 is 23.2 Å². The molecule has 0 saturated heterocycles. The Morgan fingerprint density at radius 2 is 1.41 bits per heavy atom. The quantitative estimate of drug-likeness (QED) is 0.590. The van der Waals surface area contributed by atoms with E-state index in [1.54, 1.807) is 0 Å². The number of rotatable bonds is 3.